The molecule has 11 heteroatoms. The Morgan fingerprint density at radius 3 is 2.44 bits per heavy atom. The number of aromatic nitrogens is 1. The van der Waals surface area contributed by atoms with E-state index in [2.05, 4.69) is 20.4 Å². The second-order valence-electron chi connectivity index (χ2n) is 5.00. The topological polar surface area (TPSA) is 89.6 Å². The van der Waals surface area contributed by atoms with E-state index in [0.29, 0.717) is 0 Å². The van der Waals surface area contributed by atoms with Gasteiger partial charge in [-0.2, -0.15) is 0 Å². The number of ether oxygens (including phenoxy) is 2. The standard InChI is InChI=1S/C16H13ClF3N3O4/c1-21-14(24)10-7-22-13(17)6-11(10)23-15(25)9-4-3-8(5-12(9)26-2)27-16(18,19)20/h3-7H,1-2H3,(H,21,24)(H,22,23,25). The third-order valence-electron chi connectivity index (χ3n) is 3.24. The first-order chi connectivity index (χ1) is 12.6. The number of rotatable bonds is 5. The lowest BCUT2D eigenvalue weighted by Crippen LogP contribution is -2.22. The molecule has 0 radical (unpaired) electrons. The van der Waals surface area contributed by atoms with Gasteiger partial charge >= 0.3 is 6.36 Å². The van der Waals surface area contributed by atoms with Gasteiger partial charge in [0.25, 0.3) is 11.8 Å². The number of carbonyl (C=O) groups is 2. The monoisotopic (exact) mass is 403 g/mol. The molecule has 2 amide bonds. The molecular weight excluding hydrogens is 391 g/mol. The highest BCUT2D eigenvalue weighted by molar-refractivity contribution is 6.30. The van der Waals surface area contributed by atoms with E-state index >= 15 is 0 Å². The van der Waals surface area contributed by atoms with Crippen LogP contribution in [0.15, 0.2) is 30.5 Å². The lowest BCUT2D eigenvalue weighted by Gasteiger charge is -2.14. The average molecular weight is 404 g/mol. The Labute approximate surface area is 156 Å². The molecule has 0 saturated carbocycles. The fraction of sp³-hybridized carbons (Fsp3) is 0.188. The molecule has 0 bridgehead atoms. The van der Waals surface area contributed by atoms with Gasteiger partial charge in [-0.3, -0.25) is 9.59 Å². The van der Waals surface area contributed by atoms with Crippen molar-refractivity contribution >= 4 is 29.1 Å². The Morgan fingerprint density at radius 1 is 1.15 bits per heavy atom. The number of nitrogens with zero attached hydrogens (tertiary/aromatic N) is 1. The Hall–Kier alpha value is -3.01. The molecule has 0 spiro atoms. The van der Waals surface area contributed by atoms with Gasteiger partial charge in [0.05, 0.1) is 23.9 Å². The van der Waals surface area contributed by atoms with E-state index in [9.17, 15) is 22.8 Å². The molecule has 0 unspecified atom stereocenters. The molecule has 0 fully saturated rings. The van der Waals surface area contributed by atoms with Crippen LogP contribution in [0.2, 0.25) is 5.15 Å². The number of carbonyl (C=O) groups excluding carboxylic acids is 2. The highest BCUT2D eigenvalue weighted by Gasteiger charge is 2.31. The minimum absolute atomic E-state index is 0.0267. The number of hydrogen-bond acceptors (Lipinski definition) is 5. The second kappa shape index (κ2) is 8.12. The molecule has 7 nitrogen and oxygen atoms in total. The summed E-state index contributed by atoms with van der Waals surface area (Å²) in [5, 5.41) is 4.87. The van der Waals surface area contributed by atoms with Crippen LogP contribution in [-0.4, -0.2) is 37.3 Å². The van der Waals surface area contributed by atoms with Crippen LogP contribution < -0.4 is 20.1 Å². The van der Waals surface area contributed by atoms with Gasteiger partial charge in [0.1, 0.15) is 16.7 Å². The van der Waals surface area contributed by atoms with Gasteiger partial charge in [-0.15, -0.1) is 13.2 Å². The van der Waals surface area contributed by atoms with Crippen molar-refractivity contribution in [3.63, 3.8) is 0 Å². The smallest absolute Gasteiger partial charge is 0.496 e. The highest BCUT2D eigenvalue weighted by Crippen LogP contribution is 2.30. The molecule has 2 N–H and O–H groups in total. The van der Waals surface area contributed by atoms with E-state index in [0.717, 1.165) is 18.2 Å². The van der Waals surface area contributed by atoms with Gasteiger partial charge in [-0.25, -0.2) is 4.98 Å². The minimum atomic E-state index is -4.88. The molecule has 2 aromatic rings. The van der Waals surface area contributed by atoms with Crippen molar-refractivity contribution in [1.82, 2.24) is 10.3 Å². The molecule has 144 valence electrons. The molecular formula is C16H13ClF3N3O4. The Bertz CT molecular complexity index is 874. The lowest BCUT2D eigenvalue weighted by atomic mass is 10.1. The van der Waals surface area contributed by atoms with E-state index in [4.69, 9.17) is 16.3 Å². The first-order valence-electron chi connectivity index (χ1n) is 7.27. The van der Waals surface area contributed by atoms with Crippen molar-refractivity contribution in [2.75, 3.05) is 19.5 Å². The van der Waals surface area contributed by atoms with Crippen molar-refractivity contribution in [2.24, 2.45) is 0 Å². The summed E-state index contributed by atoms with van der Waals surface area (Å²) in [5.41, 5.74) is 0.0334. The molecule has 0 saturated heterocycles. The second-order valence-corrected chi connectivity index (χ2v) is 5.38. The predicted octanol–water partition coefficient (Wildman–Crippen LogP) is 3.25. The van der Waals surface area contributed by atoms with Crippen LogP contribution in [0.1, 0.15) is 20.7 Å². The maximum Gasteiger partial charge on any atom is 0.573 e. The van der Waals surface area contributed by atoms with Crippen LogP contribution in [0.25, 0.3) is 0 Å². The van der Waals surface area contributed by atoms with E-state index in [1.165, 1.54) is 26.4 Å². The first-order valence-corrected chi connectivity index (χ1v) is 7.65. The van der Waals surface area contributed by atoms with Crippen molar-refractivity contribution in [3.8, 4) is 11.5 Å². The molecule has 0 atom stereocenters. The van der Waals surface area contributed by atoms with Crippen LogP contribution in [0, 0.1) is 0 Å². The molecule has 0 aliphatic heterocycles. The van der Waals surface area contributed by atoms with Crippen molar-refractivity contribution in [2.45, 2.75) is 6.36 Å². The van der Waals surface area contributed by atoms with Gasteiger partial charge in [0, 0.05) is 19.3 Å². The largest absolute Gasteiger partial charge is 0.573 e. The van der Waals surface area contributed by atoms with Crippen LogP contribution in [-0.2, 0) is 0 Å². The summed E-state index contributed by atoms with van der Waals surface area (Å²) in [6.45, 7) is 0. The van der Waals surface area contributed by atoms with E-state index < -0.39 is 23.9 Å². The van der Waals surface area contributed by atoms with E-state index in [1.807, 2.05) is 0 Å². The number of benzene rings is 1. The fourth-order valence-corrected chi connectivity index (χ4v) is 2.25. The van der Waals surface area contributed by atoms with Gasteiger partial charge in [0.15, 0.2) is 0 Å². The zero-order chi connectivity index (χ0) is 20.2. The van der Waals surface area contributed by atoms with E-state index in [-0.39, 0.29) is 27.7 Å². The van der Waals surface area contributed by atoms with Crippen LogP contribution >= 0.6 is 11.6 Å². The third kappa shape index (κ3) is 5.23. The quantitative estimate of drug-likeness (QED) is 0.748. The van der Waals surface area contributed by atoms with E-state index in [1.54, 1.807) is 0 Å². The minimum Gasteiger partial charge on any atom is -0.496 e. The number of pyridine rings is 1. The Morgan fingerprint density at radius 2 is 1.85 bits per heavy atom. The molecule has 0 aliphatic carbocycles. The summed E-state index contributed by atoms with van der Waals surface area (Å²) in [4.78, 5) is 28.2. The molecule has 1 heterocycles. The van der Waals surface area contributed by atoms with Crippen molar-refractivity contribution in [3.05, 3.63) is 46.7 Å². The highest BCUT2D eigenvalue weighted by atomic mass is 35.5. The molecule has 1 aromatic heterocycles. The third-order valence-corrected chi connectivity index (χ3v) is 3.45. The van der Waals surface area contributed by atoms with Gasteiger partial charge in [-0.1, -0.05) is 11.6 Å². The first kappa shape index (κ1) is 20.3. The number of halogens is 4. The summed E-state index contributed by atoms with van der Waals surface area (Å²) in [6, 6.07) is 4.24. The number of alkyl halides is 3. The summed E-state index contributed by atoms with van der Waals surface area (Å²) >= 11 is 5.79. The van der Waals surface area contributed by atoms with Gasteiger partial charge in [-0.05, 0) is 18.2 Å². The van der Waals surface area contributed by atoms with Crippen LogP contribution in [0.4, 0.5) is 18.9 Å². The van der Waals surface area contributed by atoms with Gasteiger partial charge < -0.3 is 20.1 Å². The summed E-state index contributed by atoms with van der Waals surface area (Å²) in [6.07, 6.45) is -3.71. The maximum atomic E-state index is 12.5. The summed E-state index contributed by atoms with van der Waals surface area (Å²) in [5.74, 6) is -1.96. The van der Waals surface area contributed by atoms with Crippen LogP contribution in [0.3, 0.4) is 0 Å². The molecule has 27 heavy (non-hydrogen) atoms. The summed E-state index contributed by atoms with van der Waals surface area (Å²) in [7, 11) is 2.58. The predicted molar refractivity (Wildman–Crippen MR) is 90.3 cm³/mol. The number of methoxy groups -OCH3 is 1. The Balaban J connectivity index is 2.34. The molecule has 2 rings (SSSR count). The Kier molecular flexibility index (Phi) is 6.11. The fourth-order valence-electron chi connectivity index (χ4n) is 2.09. The summed E-state index contributed by atoms with van der Waals surface area (Å²) < 4.78 is 45.7. The van der Waals surface area contributed by atoms with Gasteiger partial charge in [0.2, 0.25) is 0 Å². The van der Waals surface area contributed by atoms with Crippen molar-refractivity contribution in [1.29, 1.82) is 0 Å². The number of hydrogen-bond donors (Lipinski definition) is 2. The SMILES string of the molecule is CNC(=O)c1cnc(Cl)cc1NC(=O)c1ccc(OC(F)(F)F)cc1OC. The average Bonchev–Trinajstić information content (AvgIpc) is 2.59. The maximum absolute atomic E-state index is 12.5. The molecule has 1 aromatic carbocycles. The van der Waals surface area contributed by atoms with Crippen LogP contribution in [0.5, 0.6) is 11.5 Å². The number of nitrogens with one attached hydrogen (secondary N) is 2. The molecule has 0 aliphatic rings. The number of anilines is 1. The zero-order valence-electron chi connectivity index (χ0n) is 14.0. The normalized spacial score (nSPS) is 10.9. The van der Waals surface area contributed by atoms with Crippen molar-refractivity contribution < 1.29 is 32.2 Å². The zero-order valence-corrected chi connectivity index (χ0v) is 14.7. The number of amides is 2. The lowest BCUT2D eigenvalue weighted by molar-refractivity contribution is -0.274.